The molecule has 1 aliphatic rings. The van der Waals surface area contributed by atoms with Gasteiger partial charge in [0.25, 0.3) is 0 Å². The number of rotatable bonds is 7. The van der Waals surface area contributed by atoms with E-state index in [-0.39, 0.29) is 18.7 Å². The van der Waals surface area contributed by atoms with E-state index in [9.17, 15) is 9.50 Å². The summed E-state index contributed by atoms with van der Waals surface area (Å²) in [6.45, 7) is 2.00. The lowest BCUT2D eigenvalue weighted by molar-refractivity contribution is 0.126. The molecule has 140 valence electrons. The van der Waals surface area contributed by atoms with Crippen molar-refractivity contribution in [3.8, 4) is 11.3 Å². The first-order valence-corrected chi connectivity index (χ1v) is 9.26. The van der Waals surface area contributed by atoms with Crippen LogP contribution in [-0.2, 0) is 0 Å². The summed E-state index contributed by atoms with van der Waals surface area (Å²) in [5, 5.41) is 16.1. The van der Waals surface area contributed by atoms with Crippen LogP contribution in [0.4, 0.5) is 16.2 Å². The minimum atomic E-state index is -0.926. The SMILES string of the molecule is CC[C@H](F)CNc1ncc(-c2ccccn2)c(N[C@H]2CC[C@H](O)CC2)n1. The topological polar surface area (TPSA) is 83.0 Å². The second kappa shape index (κ2) is 8.89. The Labute approximate surface area is 153 Å². The Hall–Kier alpha value is -2.28. The van der Waals surface area contributed by atoms with E-state index in [1.807, 2.05) is 25.1 Å². The fraction of sp³-hybridized carbons (Fsp3) is 0.526. The zero-order chi connectivity index (χ0) is 18.4. The molecule has 3 N–H and O–H groups in total. The van der Waals surface area contributed by atoms with Crippen LogP contribution >= 0.6 is 0 Å². The van der Waals surface area contributed by atoms with Crippen molar-refractivity contribution in [2.24, 2.45) is 0 Å². The molecule has 2 aromatic heterocycles. The van der Waals surface area contributed by atoms with Gasteiger partial charge in [-0.15, -0.1) is 0 Å². The first-order chi connectivity index (χ1) is 12.7. The largest absolute Gasteiger partial charge is 0.393 e. The molecule has 0 aliphatic heterocycles. The average molecular weight is 359 g/mol. The molecule has 0 aromatic carbocycles. The van der Waals surface area contributed by atoms with Gasteiger partial charge in [0.05, 0.1) is 17.4 Å². The van der Waals surface area contributed by atoms with E-state index in [4.69, 9.17) is 0 Å². The Bertz CT molecular complexity index is 692. The number of aliphatic hydroxyl groups is 1. The summed E-state index contributed by atoms with van der Waals surface area (Å²) in [7, 11) is 0. The van der Waals surface area contributed by atoms with Gasteiger partial charge < -0.3 is 15.7 Å². The Morgan fingerprint density at radius 2 is 2.04 bits per heavy atom. The Morgan fingerprint density at radius 3 is 2.73 bits per heavy atom. The van der Waals surface area contributed by atoms with Crippen LogP contribution in [0.1, 0.15) is 39.0 Å². The molecule has 26 heavy (non-hydrogen) atoms. The van der Waals surface area contributed by atoms with Gasteiger partial charge in [-0.3, -0.25) is 4.98 Å². The predicted molar refractivity (Wildman–Crippen MR) is 101 cm³/mol. The zero-order valence-corrected chi connectivity index (χ0v) is 15.0. The molecule has 2 heterocycles. The van der Waals surface area contributed by atoms with Crippen molar-refractivity contribution in [3.63, 3.8) is 0 Å². The fourth-order valence-electron chi connectivity index (χ4n) is 3.05. The van der Waals surface area contributed by atoms with Crippen LogP contribution in [0.5, 0.6) is 0 Å². The van der Waals surface area contributed by atoms with Gasteiger partial charge >= 0.3 is 0 Å². The Morgan fingerprint density at radius 1 is 1.23 bits per heavy atom. The molecule has 0 radical (unpaired) electrons. The molecule has 1 saturated carbocycles. The molecule has 0 bridgehead atoms. The molecule has 3 rings (SSSR count). The van der Waals surface area contributed by atoms with E-state index in [2.05, 4.69) is 25.6 Å². The van der Waals surface area contributed by atoms with Crippen LogP contribution in [0.15, 0.2) is 30.6 Å². The third kappa shape index (κ3) is 4.88. The summed E-state index contributed by atoms with van der Waals surface area (Å²) < 4.78 is 13.5. The molecular formula is C19H26FN5O. The molecule has 1 fully saturated rings. The highest BCUT2D eigenvalue weighted by molar-refractivity contribution is 5.72. The normalized spacial score (nSPS) is 21.2. The number of aliphatic hydroxyl groups excluding tert-OH is 1. The van der Waals surface area contributed by atoms with Gasteiger partial charge in [0.1, 0.15) is 12.0 Å². The lowest BCUT2D eigenvalue weighted by Gasteiger charge is -2.27. The molecule has 1 aliphatic carbocycles. The average Bonchev–Trinajstić information content (AvgIpc) is 2.68. The number of alkyl halides is 1. The first-order valence-electron chi connectivity index (χ1n) is 9.26. The van der Waals surface area contributed by atoms with Crippen LogP contribution in [0.3, 0.4) is 0 Å². The minimum absolute atomic E-state index is 0.189. The van der Waals surface area contributed by atoms with Crippen LogP contribution in [0.2, 0.25) is 0 Å². The smallest absolute Gasteiger partial charge is 0.224 e. The molecule has 0 saturated heterocycles. The van der Waals surface area contributed by atoms with Crippen molar-refractivity contribution in [2.75, 3.05) is 17.2 Å². The predicted octanol–water partition coefficient (Wildman–Crippen LogP) is 3.41. The molecule has 2 aromatic rings. The number of nitrogens with one attached hydrogen (secondary N) is 2. The van der Waals surface area contributed by atoms with Crippen molar-refractivity contribution < 1.29 is 9.50 Å². The summed E-state index contributed by atoms with van der Waals surface area (Å²) in [6, 6.07) is 5.94. The van der Waals surface area contributed by atoms with Crippen LogP contribution in [0, 0.1) is 0 Å². The number of pyridine rings is 1. The summed E-state index contributed by atoms with van der Waals surface area (Å²) in [6.07, 6.45) is 6.12. The maximum absolute atomic E-state index is 13.5. The number of nitrogens with zero attached hydrogens (tertiary/aromatic N) is 3. The summed E-state index contributed by atoms with van der Waals surface area (Å²) in [5.41, 5.74) is 1.60. The molecule has 1 atom stereocenters. The molecule has 7 heteroatoms. The van der Waals surface area contributed by atoms with Crippen LogP contribution in [0.25, 0.3) is 11.3 Å². The van der Waals surface area contributed by atoms with Gasteiger partial charge in [0.2, 0.25) is 5.95 Å². The molecule has 0 amide bonds. The van der Waals surface area contributed by atoms with Crippen molar-refractivity contribution in [1.82, 2.24) is 15.0 Å². The lowest BCUT2D eigenvalue weighted by Crippen LogP contribution is -2.29. The number of hydrogen-bond acceptors (Lipinski definition) is 6. The number of aromatic nitrogens is 3. The van der Waals surface area contributed by atoms with Crippen molar-refractivity contribution in [3.05, 3.63) is 30.6 Å². The zero-order valence-electron chi connectivity index (χ0n) is 15.0. The van der Waals surface area contributed by atoms with Gasteiger partial charge in [-0.1, -0.05) is 13.0 Å². The van der Waals surface area contributed by atoms with E-state index in [1.165, 1.54) is 0 Å². The van der Waals surface area contributed by atoms with E-state index in [0.717, 1.165) is 36.9 Å². The van der Waals surface area contributed by atoms with E-state index in [1.54, 1.807) is 12.4 Å². The monoisotopic (exact) mass is 359 g/mol. The first kappa shape index (κ1) is 18.5. The maximum atomic E-state index is 13.5. The summed E-state index contributed by atoms with van der Waals surface area (Å²) in [5.74, 6) is 1.09. The van der Waals surface area contributed by atoms with E-state index >= 15 is 0 Å². The highest BCUT2D eigenvalue weighted by Gasteiger charge is 2.21. The lowest BCUT2D eigenvalue weighted by atomic mass is 9.93. The second-order valence-corrected chi connectivity index (χ2v) is 6.71. The molecular weight excluding hydrogens is 333 g/mol. The minimum Gasteiger partial charge on any atom is -0.393 e. The molecule has 6 nitrogen and oxygen atoms in total. The fourth-order valence-corrected chi connectivity index (χ4v) is 3.05. The van der Waals surface area contributed by atoms with E-state index in [0.29, 0.717) is 18.2 Å². The molecule has 0 unspecified atom stereocenters. The Kier molecular flexibility index (Phi) is 6.33. The number of hydrogen-bond donors (Lipinski definition) is 3. The van der Waals surface area contributed by atoms with Gasteiger partial charge in [-0.2, -0.15) is 4.98 Å². The Balaban J connectivity index is 1.81. The quantitative estimate of drug-likeness (QED) is 0.703. The third-order valence-electron chi connectivity index (χ3n) is 4.69. The maximum Gasteiger partial charge on any atom is 0.224 e. The summed E-state index contributed by atoms with van der Waals surface area (Å²) >= 11 is 0. The standard InChI is InChI=1S/C19H26FN5O/c1-2-13(20)11-22-19-23-12-16(17-5-3-4-10-21-17)18(25-19)24-14-6-8-15(26)9-7-14/h3-5,10,12-15,26H,2,6-9,11H2,1H3,(H2,22,23,24,25)/t13-,14-,15-/m0/s1. The third-order valence-corrected chi connectivity index (χ3v) is 4.69. The number of halogens is 1. The highest BCUT2D eigenvalue weighted by atomic mass is 19.1. The summed E-state index contributed by atoms with van der Waals surface area (Å²) in [4.78, 5) is 13.3. The van der Waals surface area contributed by atoms with Crippen molar-refractivity contribution in [2.45, 2.75) is 57.3 Å². The molecule has 0 spiro atoms. The van der Waals surface area contributed by atoms with Gasteiger partial charge in [0, 0.05) is 25.0 Å². The van der Waals surface area contributed by atoms with Crippen LogP contribution < -0.4 is 10.6 Å². The van der Waals surface area contributed by atoms with E-state index < -0.39 is 6.17 Å². The highest BCUT2D eigenvalue weighted by Crippen LogP contribution is 2.28. The second-order valence-electron chi connectivity index (χ2n) is 6.71. The van der Waals surface area contributed by atoms with Crippen molar-refractivity contribution in [1.29, 1.82) is 0 Å². The van der Waals surface area contributed by atoms with Crippen LogP contribution in [-0.4, -0.2) is 44.9 Å². The van der Waals surface area contributed by atoms with Gasteiger partial charge in [0.15, 0.2) is 0 Å². The van der Waals surface area contributed by atoms with Crippen molar-refractivity contribution >= 4 is 11.8 Å². The van der Waals surface area contributed by atoms with Gasteiger partial charge in [-0.05, 0) is 44.2 Å². The number of anilines is 2. The van der Waals surface area contributed by atoms with Gasteiger partial charge in [-0.25, -0.2) is 9.37 Å².